The molecule has 0 unspecified atom stereocenters. The van der Waals surface area contributed by atoms with Crippen LogP contribution in [0.1, 0.15) is 36.3 Å². The fourth-order valence-corrected chi connectivity index (χ4v) is 2.36. The highest BCUT2D eigenvalue weighted by Crippen LogP contribution is 2.11. The van der Waals surface area contributed by atoms with Gasteiger partial charge in [0, 0.05) is 24.3 Å². The van der Waals surface area contributed by atoms with Crippen molar-refractivity contribution in [2.45, 2.75) is 26.7 Å². The number of benzene rings is 1. The molecule has 0 atom stereocenters. The second kappa shape index (κ2) is 9.23. The van der Waals surface area contributed by atoms with Crippen LogP contribution in [-0.2, 0) is 6.42 Å². The smallest absolute Gasteiger partial charge is 0.270 e. The first-order valence-electron chi connectivity index (χ1n) is 8.14. The molecule has 128 valence electrons. The average molecular weight is 347 g/mol. The van der Waals surface area contributed by atoms with Crippen LogP contribution in [0, 0.1) is 5.92 Å². The van der Waals surface area contributed by atoms with Crippen LogP contribution < -0.4 is 10.6 Å². The maximum absolute atomic E-state index is 12.1. The summed E-state index contributed by atoms with van der Waals surface area (Å²) in [5, 5.41) is 6.74. The molecule has 2 rings (SSSR count). The van der Waals surface area contributed by atoms with E-state index in [0.717, 1.165) is 23.4 Å². The Morgan fingerprint density at radius 2 is 2.08 bits per heavy atom. The summed E-state index contributed by atoms with van der Waals surface area (Å²) >= 11 is 5.97. The van der Waals surface area contributed by atoms with E-state index < -0.39 is 0 Å². The summed E-state index contributed by atoms with van der Waals surface area (Å²) < 4.78 is 0. The zero-order valence-corrected chi connectivity index (χ0v) is 14.8. The number of halogens is 1. The Bertz CT molecular complexity index is 676. The van der Waals surface area contributed by atoms with Gasteiger partial charge in [0.15, 0.2) is 0 Å². The van der Waals surface area contributed by atoms with Crippen molar-refractivity contribution in [3.05, 3.63) is 52.8 Å². The van der Waals surface area contributed by atoms with E-state index >= 15 is 0 Å². The molecule has 0 bridgehead atoms. The zero-order chi connectivity index (χ0) is 17.4. The van der Waals surface area contributed by atoms with Crippen LogP contribution in [-0.4, -0.2) is 29.0 Å². The van der Waals surface area contributed by atoms with E-state index in [4.69, 9.17) is 11.6 Å². The number of amides is 1. The fraction of sp³-hybridized carbons (Fsp3) is 0.389. The van der Waals surface area contributed by atoms with Crippen molar-refractivity contribution in [3.8, 4) is 0 Å². The van der Waals surface area contributed by atoms with Crippen LogP contribution in [0.3, 0.4) is 0 Å². The third-order valence-electron chi connectivity index (χ3n) is 3.48. The Balaban J connectivity index is 1.84. The van der Waals surface area contributed by atoms with E-state index in [2.05, 4.69) is 34.4 Å². The quantitative estimate of drug-likeness (QED) is 0.767. The second-order valence-electron chi connectivity index (χ2n) is 6.01. The highest BCUT2D eigenvalue weighted by atomic mass is 35.5. The van der Waals surface area contributed by atoms with Gasteiger partial charge in [0.1, 0.15) is 5.69 Å². The Kier molecular flexibility index (Phi) is 7.00. The van der Waals surface area contributed by atoms with Gasteiger partial charge in [-0.15, -0.1) is 0 Å². The largest absolute Gasteiger partial charge is 0.354 e. The third kappa shape index (κ3) is 6.16. The first-order valence-corrected chi connectivity index (χ1v) is 8.52. The molecule has 1 heterocycles. The van der Waals surface area contributed by atoms with Gasteiger partial charge < -0.3 is 10.6 Å². The number of anilines is 1. The number of hydrogen-bond acceptors (Lipinski definition) is 4. The van der Waals surface area contributed by atoms with Crippen molar-refractivity contribution in [2.75, 3.05) is 18.4 Å². The molecule has 1 aromatic carbocycles. The van der Waals surface area contributed by atoms with Gasteiger partial charge in [0.25, 0.3) is 5.91 Å². The number of nitrogens with one attached hydrogen (secondary N) is 2. The van der Waals surface area contributed by atoms with Crippen LogP contribution in [0.15, 0.2) is 36.5 Å². The van der Waals surface area contributed by atoms with Gasteiger partial charge >= 0.3 is 0 Å². The molecular weight excluding hydrogens is 324 g/mol. The standard InChI is InChI=1S/C18H23ClN4O/c1-13(2)6-9-20-17(24)16-8-11-22-18(23-16)21-10-7-14-4-3-5-15(19)12-14/h3-5,8,11-13H,6-7,9-10H2,1-2H3,(H,20,24)(H,21,22,23). The van der Waals surface area contributed by atoms with Crippen molar-refractivity contribution in [1.82, 2.24) is 15.3 Å². The van der Waals surface area contributed by atoms with E-state index in [-0.39, 0.29) is 5.91 Å². The van der Waals surface area contributed by atoms with Gasteiger partial charge in [-0.25, -0.2) is 9.97 Å². The first kappa shape index (κ1) is 18.2. The summed E-state index contributed by atoms with van der Waals surface area (Å²) in [5.41, 5.74) is 1.51. The molecule has 2 aromatic rings. The molecule has 2 N–H and O–H groups in total. The topological polar surface area (TPSA) is 66.9 Å². The molecule has 1 amide bonds. The summed E-state index contributed by atoms with van der Waals surface area (Å²) in [4.78, 5) is 20.5. The minimum Gasteiger partial charge on any atom is -0.354 e. The maximum Gasteiger partial charge on any atom is 0.270 e. The Labute approximate surface area is 147 Å². The molecule has 1 aromatic heterocycles. The lowest BCUT2D eigenvalue weighted by Crippen LogP contribution is -2.26. The molecule has 6 heteroatoms. The monoisotopic (exact) mass is 346 g/mol. The van der Waals surface area contributed by atoms with Crippen LogP contribution in [0.25, 0.3) is 0 Å². The predicted molar refractivity (Wildman–Crippen MR) is 97.5 cm³/mol. The average Bonchev–Trinajstić information content (AvgIpc) is 2.55. The fourth-order valence-electron chi connectivity index (χ4n) is 2.15. The Morgan fingerprint density at radius 3 is 2.83 bits per heavy atom. The van der Waals surface area contributed by atoms with E-state index in [9.17, 15) is 4.79 Å². The summed E-state index contributed by atoms with van der Waals surface area (Å²) in [6, 6.07) is 9.35. The summed E-state index contributed by atoms with van der Waals surface area (Å²) in [6.45, 7) is 5.56. The minimum absolute atomic E-state index is 0.170. The number of nitrogens with zero attached hydrogens (tertiary/aromatic N) is 2. The SMILES string of the molecule is CC(C)CCNC(=O)c1ccnc(NCCc2cccc(Cl)c2)n1. The predicted octanol–water partition coefficient (Wildman–Crippen LogP) is 3.56. The third-order valence-corrected chi connectivity index (χ3v) is 3.72. The van der Waals surface area contributed by atoms with Crippen LogP contribution in [0.2, 0.25) is 5.02 Å². The highest BCUT2D eigenvalue weighted by Gasteiger charge is 2.08. The number of aromatic nitrogens is 2. The molecule has 0 aliphatic heterocycles. The summed E-state index contributed by atoms with van der Waals surface area (Å²) in [5.74, 6) is 0.837. The summed E-state index contributed by atoms with van der Waals surface area (Å²) in [7, 11) is 0. The van der Waals surface area contributed by atoms with Crippen molar-refractivity contribution in [1.29, 1.82) is 0 Å². The van der Waals surface area contributed by atoms with Crippen LogP contribution >= 0.6 is 11.6 Å². The molecule has 0 saturated carbocycles. The molecule has 0 aliphatic rings. The molecule has 0 spiro atoms. The maximum atomic E-state index is 12.1. The van der Waals surface area contributed by atoms with E-state index in [1.165, 1.54) is 0 Å². The normalized spacial score (nSPS) is 10.7. The molecule has 5 nitrogen and oxygen atoms in total. The number of hydrogen-bond donors (Lipinski definition) is 2. The van der Waals surface area contributed by atoms with Crippen molar-refractivity contribution < 1.29 is 4.79 Å². The zero-order valence-electron chi connectivity index (χ0n) is 14.1. The van der Waals surface area contributed by atoms with Gasteiger partial charge in [-0.2, -0.15) is 0 Å². The van der Waals surface area contributed by atoms with Crippen molar-refractivity contribution in [3.63, 3.8) is 0 Å². The second-order valence-corrected chi connectivity index (χ2v) is 6.45. The summed E-state index contributed by atoms with van der Waals surface area (Å²) in [6.07, 6.45) is 3.34. The van der Waals surface area contributed by atoms with Crippen molar-refractivity contribution >= 4 is 23.5 Å². The van der Waals surface area contributed by atoms with E-state index in [1.54, 1.807) is 12.3 Å². The van der Waals surface area contributed by atoms with E-state index in [1.807, 2.05) is 24.3 Å². The van der Waals surface area contributed by atoms with Gasteiger partial charge in [0.05, 0.1) is 0 Å². The molecule has 24 heavy (non-hydrogen) atoms. The molecule has 0 saturated heterocycles. The molecule has 0 radical (unpaired) electrons. The first-order chi connectivity index (χ1) is 11.5. The molecule has 0 fully saturated rings. The van der Waals surface area contributed by atoms with Crippen molar-refractivity contribution in [2.24, 2.45) is 5.92 Å². The van der Waals surface area contributed by atoms with Gasteiger partial charge in [-0.3, -0.25) is 4.79 Å². The van der Waals surface area contributed by atoms with E-state index in [0.29, 0.717) is 30.6 Å². The lowest BCUT2D eigenvalue weighted by molar-refractivity contribution is 0.0947. The molecule has 0 aliphatic carbocycles. The van der Waals surface area contributed by atoms with Crippen LogP contribution in [0.4, 0.5) is 5.95 Å². The van der Waals surface area contributed by atoms with Gasteiger partial charge in [0.2, 0.25) is 5.95 Å². The van der Waals surface area contributed by atoms with Gasteiger partial charge in [-0.1, -0.05) is 37.6 Å². The highest BCUT2D eigenvalue weighted by molar-refractivity contribution is 6.30. The Morgan fingerprint density at radius 1 is 1.25 bits per heavy atom. The lowest BCUT2D eigenvalue weighted by Gasteiger charge is -2.08. The number of carbonyl (C=O) groups excluding carboxylic acids is 1. The van der Waals surface area contributed by atoms with Crippen LogP contribution in [0.5, 0.6) is 0 Å². The lowest BCUT2D eigenvalue weighted by atomic mass is 10.1. The number of carbonyl (C=O) groups is 1. The number of rotatable bonds is 8. The minimum atomic E-state index is -0.170. The Hall–Kier alpha value is -2.14. The molecular formula is C18H23ClN4O. The van der Waals surface area contributed by atoms with Gasteiger partial charge in [-0.05, 0) is 42.5 Å².